The third-order valence-corrected chi connectivity index (χ3v) is 3.47. The van der Waals surface area contributed by atoms with Gasteiger partial charge in [-0.2, -0.15) is 13.2 Å². The van der Waals surface area contributed by atoms with Crippen LogP contribution in [-0.4, -0.2) is 6.18 Å². The van der Waals surface area contributed by atoms with Gasteiger partial charge in [-0.25, -0.2) is 0 Å². The maximum absolute atomic E-state index is 12.8. The lowest BCUT2D eigenvalue weighted by Crippen LogP contribution is -2.40. The Labute approximate surface area is 77.5 Å². The van der Waals surface area contributed by atoms with Gasteiger partial charge in [0.15, 0.2) is 0 Å². The standard InChI is InChI=1S/C10H17F3/c1-7(2)9(10(11,12)13)5-4-8(3)6-9/h7-8H,4-6H2,1-3H3. The highest BCUT2D eigenvalue weighted by Crippen LogP contribution is 2.56. The first-order valence-corrected chi connectivity index (χ1v) is 4.86. The fraction of sp³-hybridized carbons (Fsp3) is 1.00. The van der Waals surface area contributed by atoms with E-state index in [0.717, 1.165) is 6.42 Å². The van der Waals surface area contributed by atoms with Crippen LogP contribution in [0.25, 0.3) is 0 Å². The third kappa shape index (κ3) is 1.70. The van der Waals surface area contributed by atoms with Gasteiger partial charge in [0.05, 0.1) is 5.41 Å². The Bertz CT molecular complexity index is 183. The molecule has 13 heavy (non-hydrogen) atoms. The Morgan fingerprint density at radius 1 is 1.31 bits per heavy atom. The monoisotopic (exact) mass is 194 g/mol. The van der Waals surface area contributed by atoms with E-state index in [4.69, 9.17) is 0 Å². The van der Waals surface area contributed by atoms with Gasteiger partial charge < -0.3 is 0 Å². The van der Waals surface area contributed by atoms with Crippen molar-refractivity contribution in [3.63, 3.8) is 0 Å². The first kappa shape index (κ1) is 10.9. The van der Waals surface area contributed by atoms with Gasteiger partial charge >= 0.3 is 6.18 Å². The molecule has 0 amide bonds. The lowest BCUT2D eigenvalue weighted by atomic mass is 9.74. The summed E-state index contributed by atoms with van der Waals surface area (Å²) in [7, 11) is 0. The van der Waals surface area contributed by atoms with Crippen LogP contribution in [0.3, 0.4) is 0 Å². The molecule has 78 valence electrons. The molecular formula is C10H17F3. The van der Waals surface area contributed by atoms with Gasteiger partial charge in [0, 0.05) is 0 Å². The van der Waals surface area contributed by atoms with Crippen LogP contribution in [0.15, 0.2) is 0 Å². The molecule has 0 bridgehead atoms. The molecule has 0 saturated heterocycles. The van der Waals surface area contributed by atoms with Gasteiger partial charge in [0.2, 0.25) is 0 Å². The van der Waals surface area contributed by atoms with Gasteiger partial charge in [-0.1, -0.05) is 20.8 Å². The number of alkyl halides is 3. The Morgan fingerprint density at radius 3 is 2.00 bits per heavy atom. The second kappa shape index (κ2) is 3.18. The van der Waals surface area contributed by atoms with E-state index in [1.807, 2.05) is 6.92 Å². The zero-order chi connectivity index (χ0) is 10.3. The van der Waals surface area contributed by atoms with Crippen molar-refractivity contribution in [3.8, 4) is 0 Å². The molecule has 2 unspecified atom stereocenters. The minimum absolute atomic E-state index is 0.226. The van der Waals surface area contributed by atoms with Crippen molar-refractivity contribution in [1.82, 2.24) is 0 Å². The predicted octanol–water partition coefficient (Wildman–Crippen LogP) is 4.01. The summed E-state index contributed by atoms with van der Waals surface area (Å²) in [6, 6.07) is 0. The van der Waals surface area contributed by atoms with Crippen LogP contribution < -0.4 is 0 Å². The first-order valence-electron chi connectivity index (χ1n) is 4.86. The summed E-state index contributed by atoms with van der Waals surface area (Å²) in [4.78, 5) is 0. The quantitative estimate of drug-likeness (QED) is 0.591. The Morgan fingerprint density at radius 2 is 1.85 bits per heavy atom. The van der Waals surface area contributed by atoms with E-state index < -0.39 is 11.6 Å². The molecule has 1 rings (SSSR count). The zero-order valence-corrected chi connectivity index (χ0v) is 8.41. The molecule has 1 fully saturated rings. The van der Waals surface area contributed by atoms with Gasteiger partial charge in [0.1, 0.15) is 0 Å². The van der Waals surface area contributed by atoms with E-state index in [-0.39, 0.29) is 11.8 Å². The Balaban J connectivity index is 2.90. The molecule has 3 heteroatoms. The van der Waals surface area contributed by atoms with Gasteiger partial charge in [0.25, 0.3) is 0 Å². The maximum atomic E-state index is 12.8. The topological polar surface area (TPSA) is 0 Å². The number of halogens is 3. The molecule has 0 N–H and O–H groups in total. The highest BCUT2D eigenvalue weighted by Gasteiger charge is 2.58. The van der Waals surface area contributed by atoms with Gasteiger partial charge in [-0.05, 0) is 31.1 Å². The van der Waals surface area contributed by atoms with E-state index in [2.05, 4.69) is 0 Å². The average molecular weight is 194 g/mol. The molecule has 0 spiro atoms. The largest absolute Gasteiger partial charge is 0.394 e. The highest BCUT2D eigenvalue weighted by atomic mass is 19.4. The van der Waals surface area contributed by atoms with Crippen LogP contribution >= 0.6 is 0 Å². The summed E-state index contributed by atoms with van der Waals surface area (Å²) in [6.45, 7) is 5.28. The predicted molar refractivity (Wildman–Crippen MR) is 46.3 cm³/mol. The zero-order valence-electron chi connectivity index (χ0n) is 8.41. The molecule has 0 nitrogen and oxygen atoms in total. The van der Waals surface area contributed by atoms with Crippen LogP contribution in [0.2, 0.25) is 0 Å². The minimum Gasteiger partial charge on any atom is -0.170 e. The van der Waals surface area contributed by atoms with E-state index in [0.29, 0.717) is 12.8 Å². The fourth-order valence-corrected chi connectivity index (χ4v) is 2.44. The molecule has 1 saturated carbocycles. The van der Waals surface area contributed by atoms with Crippen LogP contribution in [0.1, 0.15) is 40.0 Å². The molecule has 1 aliphatic carbocycles. The number of hydrogen-bond acceptors (Lipinski definition) is 0. The van der Waals surface area contributed by atoms with Crippen molar-refractivity contribution in [2.45, 2.75) is 46.2 Å². The van der Waals surface area contributed by atoms with Crippen LogP contribution in [-0.2, 0) is 0 Å². The highest BCUT2D eigenvalue weighted by molar-refractivity contribution is 4.95. The normalized spacial score (nSPS) is 35.8. The summed E-state index contributed by atoms with van der Waals surface area (Å²) in [5.74, 6) is -0.0681. The van der Waals surface area contributed by atoms with Crippen molar-refractivity contribution >= 4 is 0 Å². The van der Waals surface area contributed by atoms with E-state index >= 15 is 0 Å². The van der Waals surface area contributed by atoms with Crippen LogP contribution in [0.4, 0.5) is 13.2 Å². The lowest BCUT2D eigenvalue weighted by Gasteiger charge is -2.35. The maximum Gasteiger partial charge on any atom is 0.394 e. The number of rotatable bonds is 1. The van der Waals surface area contributed by atoms with E-state index in [9.17, 15) is 13.2 Å². The Kier molecular flexibility index (Phi) is 2.65. The van der Waals surface area contributed by atoms with Gasteiger partial charge in [-0.3, -0.25) is 0 Å². The van der Waals surface area contributed by atoms with Gasteiger partial charge in [-0.15, -0.1) is 0 Å². The summed E-state index contributed by atoms with van der Waals surface area (Å²) in [5, 5.41) is 0. The molecule has 0 aromatic rings. The molecule has 0 aromatic heterocycles. The molecule has 0 radical (unpaired) electrons. The van der Waals surface area contributed by atoms with Crippen molar-refractivity contribution in [1.29, 1.82) is 0 Å². The SMILES string of the molecule is CC1CCC(C(C)C)(C(F)(F)F)C1. The smallest absolute Gasteiger partial charge is 0.170 e. The summed E-state index contributed by atoms with van der Waals surface area (Å²) in [6.07, 6.45) is -2.67. The molecule has 1 aliphatic rings. The van der Waals surface area contributed by atoms with Crippen molar-refractivity contribution in [3.05, 3.63) is 0 Å². The number of hydrogen-bond donors (Lipinski definition) is 0. The summed E-state index contributed by atoms with van der Waals surface area (Å²) in [5.41, 5.74) is -1.40. The first-order chi connectivity index (χ1) is 5.79. The third-order valence-electron chi connectivity index (χ3n) is 3.47. The van der Waals surface area contributed by atoms with Crippen LogP contribution in [0.5, 0.6) is 0 Å². The lowest BCUT2D eigenvalue weighted by molar-refractivity contribution is -0.238. The van der Waals surface area contributed by atoms with Crippen molar-refractivity contribution < 1.29 is 13.2 Å². The second-order valence-corrected chi connectivity index (χ2v) is 4.66. The van der Waals surface area contributed by atoms with E-state index in [1.54, 1.807) is 13.8 Å². The average Bonchev–Trinajstić information content (AvgIpc) is 2.30. The summed E-state index contributed by atoms with van der Waals surface area (Å²) >= 11 is 0. The van der Waals surface area contributed by atoms with Crippen molar-refractivity contribution in [2.24, 2.45) is 17.3 Å². The molecule has 0 aromatic carbocycles. The minimum atomic E-state index is -4.02. The second-order valence-electron chi connectivity index (χ2n) is 4.66. The van der Waals surface area contributed by atoms with E-state index in [1.165, 1.54) is 0 Å². The molecule has 0 aliphatic heterocycles. The Hall–Kier alpha value is -0.210. The summed E-state index contributed by atoms with van der Waals surface area (Å²) < 4.78 is 38.5. The molecule has 2 atom stereocenters. The van der Waals surface area contributed by atoms with Crippen LogP contribution in [0, 0.1) is 17.3 Å². The fourth-order valence-electron chi connectivity index (χ4n) is 2.44. The van der Waals surface area contributed by atoms with Crippen molar-refractivity contribution in [2.75, 3.05) is 0 Å². The molecule has 0 heterocycles. The molecular weight excluding hydrogens is 177 g/mol.